The summed E-state index contributed by atoms with van der Waals surface area (Å²) in [6.07, 6.45) is 0.968. The van der Waals surface area contributed by atoms with Gasteiger partial charge < -0.3 is 25.2 Å². The first-order chi connectivity index (χ1) is 11.1. The van der Waals surface area contributed by atoms with Crippen LogP contribution in [0.1, 0.15) is 19.8 Å². The summed E-state index contributed by atoms with van der Waals surface area (Å²) >= 11 is 0. The SMILES string of the molecule is CCOc1ccc(OC[C@@H](O)CN2CCC(C(N)=O)CC2)cc1. The fourth-order valence-corrected chi connectivity index (χ4v) is 2.74. The molecule has 0 aliphatic carbocycles. The van der Waals surface area contributed by atoms with E-state index in [0.717, 1.165) is 31.7 Å². The number of aliphatic hydroxyl groups excluding tert-OH is 1. The number of likely N-dealkylation sites (tertiary alicyclic amines) is 1. The van der Waals surface area contributed by atoms with Crippen molar-refractivity contribution in [3.8, 4) is 11.5 Å². The van der Waals surface area contributed by atoms with Crippen LogP contribution in [-0.4, -0.2) is 54.9 Å². The fourth-order valence-electron chi connectivity index (χ4n) is 2.74. The molecule has 0 aromatic heterocycles. The number of rotatable bonds is 8. The standard InChI is InChI=1S/C17H26N2O4/c1-2-22-15-3-5-16(6-4-15)23-12-14(20)11-19-9-7-13(8-10-19)17(18)21/h3-6,13-14,20H,2,7-12H2,1H3,(H2,18,21)/t14-/m0/s1. The van der Waals surface area contributed by atoms with Crippen molar-refractivity contribution in [2.45, 2.75) is 25.9 Å². The highest BCUT2D eigenvalue weighted by Gasteiger charge is 2.24. The van der Waals surface area contributed by atoms with Gasteiger partial charge in [0.1, 0.15) is 24.2 Å². The molecule has 1 aromatic rings. The van der Waals surface area contributed by atoms with Crippen molar-refractivity contribution in [2.75, 3.05) is 32.8 Å². The summed E-state index contributed by atoms with van der Waals surface area (Å²) in [6.45, 7) is 4.92. The molecule has 1 aromatic carbocycles. The van der Waals surface area contributed by atoms with Crippen LogP contribution in [0.15, 0.2) is 24.3 Å². The number of nitrogens with zero attached hydrogens (tertiary/aromatic N) is 1. The first kappa shape index (κ1) is 17.6. The molecule has 1 aliphatic rings. The molecule has 1 atom stereocenters. The number of hydrogen-bond donors (Lipinski definition) is 2. The van der Waals surface area contributed by atoms with Crippen LogP contribution in [-0.2, 0) is 4.79 Å². The average molecular weight is 322 g/mol. The number of aliphatic hydroxyl groups is 1. The summed E-state index contributed by atoms with van der Waals surface area (Å²) in [7, 11) is 0. The smallest absolute Gasteiger partial charge is 0.220 e. The number of nitrogens with two attached hydrogens (primary N) is 1. The molecule has 0 saturated carbocycles. The molecule has 6 nitrogen and oxygen atoms in total. The number of amides is 1. The third-order valence-corrected chi connectivity index (χ3v) is 4.04. The van der Waals surface area contributed by atoms with Gasteiger partial charge in [0.2, 0.25) is 5.91 Å². The Balaban J connectivity index is 1.69. The van der Waals surface area contributed by atoms with Crippen molar-refractivity contribution < 1.29 is 19.4 Å². The van der Waals surface area contributed by atoms with Crippen molar-refractivity contribution >= 4 is 5.91 Å². The van der Waals surface area contributed by atoms with E-state index in [4.69, 9.17) is 15.2 Å². The number of β-amino-alcohol motifs (C(OH)–C–C–N with tert-alkyl or cyclic N) is 1. The van der Waals surface area contributed by atoms with Crippen molar-refractivity contribution in [2.24, 2.45) is 11.7 Å². The molecule has 1 saturated heterocycles. The van der Waals surface area contributed by atoms with Gasteiger partial charge in [0, 0.05) is 12.5 Å². The minimum Gasteiger partial charge on any atom is -0.494 e. The molecule has 1 fully saturated rings. The van der Waals surface area contributed by atoms with Gasteiger partial charge in [-0.25, -0.2) is 0 Å². The van der Waals surface area contributed by atoms with Crippen molar-refractivity contribution in [3.05, 3.63) is 24.3 Å². The van der Waals surface area contributed by atoms with E-state index >= 15 is 0 Å². The van der Waals surface area contributed by atoms with Crippen molar-refractivity contribution in [1.29, 1.82) is 0 Å². The second-order valence-corrected chi connectivity index (χ2v) is 5.85. The Morgan fingerprint density at radius 3 is 2.35 bits per heavy atom. The fraction of sp³-hybridized carbons (Fsp3) is 0.588. The summed E-state index contributed by atoms with van der Waals surface area (Å²) in [5.41, 5.74) is 5.32. The predicted octanol–water partition coefficient (Wildman–Crippen LogP) is 1.02. The maximum atomic E-state index is 11.1. The predicted molar refractivity (Wildman–Crippen MR) is 87.5 cm³/mol. The van der Waals surface area contributed by atoms with Crippen LogP contribution in [0, 0.1) is 5.92 Å². The van der Waals surface area contributed by atoms with Gasteiger partial charge in [-0.05, 0) is 57.1 Å². The van der Waals surface area contributed by atoms with Crippen LogP contribution in [0.4, 0.5) is 0 Å². The number of piperidine rings is 1. The van der Waals surface area contributed by atoms with Crippen LogP contribution in [0.25, 0.3) is 0 Å². The van der Waals surface area contributed by atoms with Crippen molar-refractivity contribution in [1.82, 2.24) is 4.90 Å². The quantitative estimate of drug-likeness (QED) is 0.746. The Kier molecular flexibility index (Phi) is 6.67. The van der Waals surface area contributed by atoms with Gasteiger partial charge in [0.25, 0.3) is 0 Å². The summed E-state index contributed by atoms with van der Waals surface area (Å²) in [4.78, 5) is 13.3. The number of carbonyl (C=O) groups excluding carboxylic acids is 1. The Bertz CT molecular complexity index is 484. The van der Waals surface area contributed by atoms with E-state index in [9.17, 15) is 9.90 Å². The molecule has 6 heteroatoms. The third kappa shape index (κ3) is 5.73. The highest BCUT2D eigenvalue weighted by molar-refractivity contribution is 5.76. The first-order valence-corrected chi connectivity index (χ1v) is 8.14. The Hall–Kier alpha value is -1.79. The molecule has 3 N–H and O–H groups in total. The molecule has 2 rings (SSSR count). The summed E-state index contributed by atoms with van der Waals surface area (Å²) in [5.74, 6) is 1.27. The highest BCUT2D eigenvalue weighted by Crippen LogP contribution is 2.19. The van der Waals surface area contributed by atoms with Gasteiger partial charge in [-0.1, -0.05) is 0 Å². The monoisotopic (exact) mass is 322 g/mol. The van der Waals surface area contributed by atoms with E-state index < -0.39 is 6.10 Å². The van der Waals surface area contributed by atoms with Gasteiger partial charge in [0.05, 0.1) is 6.61 Å². The number of ether oxygens (including phenoxy) is 2. The third-order valence-electron chi connectivity index (χ3n) is 4.04. The number of hydrogen-bond acceptors (Lipinski definition) is 5. The van der Waals surface area contributed by atoms with Gasteiger partial charge >= 0.3 is 0 Å². The molecule has 23 heavy (non-hydrogen) atoms. The first-order valence-electron chi connectivity index (χ1n) is 8.14. The van der Waals surface area contributed by atoms with E-state index in [2.05, 4.69) is 4.90 Å². The molecule has 128 valence electrons. The second kappa shape index (κ2) is 8.74. The number of benzene rings is 1. The lowest BCUT2D eigenvalue weighted by atomic mass is 9.96. The zero-order valence-corrected chi connectivity index (χ0v) is 13.6. The maximum Gasteiger partial charge on any atom is 0.220 e. The van der Waals surface area contributed by atoms with Crippen LogP contribution in [0.3, 0.4) is 0 Å². The Morgan fingerprint density at radius 1 is 1.26 bits per heavy atom. The second-order valence-electron chi connectivity index (χ2n) is 5.85. The van der Waals surface area contributed by atoms with E-state index in [1.54, 1.807) is 0 Å². The number of primary amides is 1. The maximum absolute atomic E-state index is 11.1. The van der Waals surface area contributed by atoms with Crippen LogP contribution in [0.5, 0.6) is 11.5 Å². The van der Waals surface area contributed by atoms with E-state index in [-0.39, 0.29) is 18.4 Å². The van der Waals surface area contributed by atoms with Gasteiger partial charge in [-0.3, -0.25) is 4.79 Å². The van der Waals surface area contributed by atoms with E-state index in [0.29, 0.717) is 18.9 Å². The van der Waals surface area contributed by atoms with Crippen molar-refractivity contribution in [3.63, 3.8) is 0 Å². The molecule has 0 radical (unpaired) electrons. The van der Waals surface area contributed by atoms with Crippen LogP contribution >= 0.6 is 0 Å². The number of carbonyl (C=O) groups is 1. The molecule has 0 spiro atoms. The topological polar surface area (TPSA) is 85.0 Å². The summed E-state index contributed by atoms with van der Waals surface area (Å²) < 4.78 is 11.0. The molecular formula is C17H26N2O4. The lowest BCUT2D eigenvalue weighted by molar-refractivity contribution is -0.123. The Labute approximate surface area is 137 Å². The van der Waals surface area contributed by atoms with Gasteiger partial charge in [-0.15, -0.1) is 0 Å². The molecule has 1 heterocycles. The van der Waals surface area contributed by atoms with Crippen LogP contribution < -0.4 is 15.2 Å². The Morgan fingerprint density at radius 2 is 1.83 bits per heavy atom. The van der Waals surface area contributed by atoms with Gasteiger partial charge in [0.15, 0.2) is 0 Å². The zero-order valence-electron chi connectivity index (χ0n) is 13.6. The minimum atomic E-state index is -0.563. The molecular weight excluding hydrogens is 296 g/mol. The normalized spacial score (nSPS) is 17.7. The minimum absolute atomic E-state index is 0.0245. The van der Waals surface area contributed by atoms with Crippen LogP contribution in [0.2, 0.25) is 0 Å². The average Bonchev–Trinajstić information content (AvgIpc) is 2.55. The van der Waals surface area contributed by atoms with E-state index in [1.165, 1.54) is 0 Å². The molecule has 0 bridgehead atoms. The highest BCUT2D eigenvalue weighted by atomic mass is 16.5. The zero-order chi connectivity index (χ0) is 16.7. The molecule has 1 amide bonds. The van der Waals surface area contributed by atoms with Gasteiger partial charge in [-0.2, -0.15) is 0 Å². The largest absolute Gasteiger partial charge is 0.494 e. The molecule has 1 aliphatic heterocycles. The summed E-state index contributed by atoms with van der Waals surface area (Å²) in [5, 5.41) is 10.1. The van der Waals surface area contributed by atoms with E-state index in [1.807, 2.05) is 31.2 Å². The summed E-state index contributed by atoms with van der Waals surface area (Å²) in [6, 6.07) is 7.35. The lowest BCUT2D eigenvalue weighted by Gasteiger charge is -2.31. The lowest BCUT2D eigenvalue weighted by Crippen LogP contribution is -2.43. The molecule has 0 unspecified atom stereocenters.